The molecule has 124 valence electrons. The number of ether oxygens (including phenoxy) is 1. The number of carboxylic acids is 1. The van der Waals surface area contributed by atoms with Gasteiger partial charge < -0.3 is 19.7 Å². The Morgan fingerprint density at radius 1 is 1.36 bits per heavy atom. The maximum absolute atomic E-state index is 11.7. The van der Waals surface area contributed by atoms with Gasteiger partial charge in [-0.1, -0.05) is 13.8 Å². The highest BCUT2D eigenvalue weighted by molar-refractivity contribution is 5.91. The maximum atomic E-state index is 11.7. The summed E-state index contributed by atoms with van der Waals surface area (Å²) >= 11 is 0. The number of aliphatic carboxylic acids is 1. The fraction of sp³-hybridized carbons (Fsp3) is 0.625. The molecule has 6 nitrogen and oxygen atoms in total. The first kappa shape index (κ1) is 18.2. The van der Waals surface area contributed by atoms with Crippen molar-refractivity contribution >= 4 is 11.9 Å². The van der Waals surface area contributed by atoms with E-state index in [9.17, 15) is 14.7 Å². The first-order valence-electron chi connectivity index (χ1n) is 7.50. The molecule has 2 N–H and O–H groups in total. The molecule has 1 aromatic heterocycles. The average molecular weight is 310 g/mol. The van der Waals surface area contributed by atoms with Crippen LogP contribution in [-0.4, -0.2) is 35.3 Å². The SMILES string of the molecule is CCC(CC)(CNCc1cc(C(=O)OC)c(C)n1C)C(=O)O. The van der Waals surface area contributed by atoms with Crippen LogP contribution in [0.1, 0.15) is 48.4 Å². The molecule has 0 unspecified atom stereocenters. The zero-order chi connectivity index (χ0) is 16.9. The van der Waals surface area contributed by atoms with Crippen LogP contribution >= 0.6 is 0 Å². The van der Waals surface area contributed by atoms with Crippen molar-refractivity contribution < 1.29 is 19.4 Å². The van der Waals surface area contributed by atoms with Crippen LogP contribution in [0.4, 0.5) is 0 Å². The van der Waals surface area contributed by atoms with Crippen molar-refractivity contribution in [2.45, 2.75) is 40.2 Å². The molecular formula is C16H26N2O4. The van der Waals surface area contributed by atoms with Crippen LogP contribution in [0.3, 0.4) is 0 Å². The summed E-state index contributed by atoms with van der Waals surface area (Å²) in [7, 11) is 3.24. The average Bonchev–Trinajstić information content (AvgIpc) is 2.79. The Morgan fingerprint density at radius 3 is 2.41 bits per heavy atom. The molecule has 0 spiro atoms. The summed E-state index contributed by atoms with van der Waals surface area (Å²) in [5.41, 5.74) is 1.55. The van der Waals surface area contributed by atoms with Crippen LogP contribution in [-0.2, 0) is 23.1 Å². The number of aromatic nitrogens is 1. The molecule has 0 aliphatic carbocycles. The molecular weight excluding hydrogens is 284 g/mol. The number of nitrogens with one attached hydrogen (secondary N) is 1. The lowest BCUT2D eigenvalue weighted by molar-refractivity contribution is -0.149. The van der Waals surface area contributed by atoms with E-state index in [4.69, 9.17) is 4.74 Å². The van der Waals surface area contributed by atoms with Crippen LogP contribution in [0.5, 0.6) is 0 Å². The Bertz CT molecular complexity index is 545. The van der Waals surface area contributed by atoms with Gasteiger partial charge >= 0.3 is 11.9 Å². The Labute approximate surface area is 131 Å². The number of carbonyl (C=O) groups excluding carboxylic acids is 1. The standard InChI is InChI=1S/C16H26N2O4/c1-6-16(7-2,15(20)21)10-17-9-12-8-13(14(19)22-5)11(3)18(12)4/h8,17H,6-7,9-10H2,1-5H3,(H,20,21). The topological polar surface area (TPSA) is 80.6 Å². The highest BCUT2D eigenvalue weighted by Gasteiger charge is 2.34. The summed E-state index contributed by atoms with van der Waals surface area (Å²) in [5, 5.41) is 12.6. The van der Waals surface area contributed by atoms with Gasteiger partial charge in [0, 0.05) is 31.5 Å². The second kappa shape index (κ2) is 7.45. The Kier molecular flexibility index (Phi) is 6.17. The lowest BCUT2D eigenvalue weighted by Gasteiger charge is -2.27. The third kappa shape index (κ3) is 3.50. The molecule has 1 rings (SSSR count). The summed E-state index contributed by atoms with van der Waals surface area (Å²) in [4.78, 5) is 23.2. The molecule has 0 fully saturated rings. The summed E-state index contributed by atoms with van der Waals surface area (Å²) in [6.45, 7) is 6.54. The number of nitrogens with zero attached hydrogens (tertiary/aromatic N) is 1. The minimum Gasteiger partial charge on any atom is -0.481 e. The monoisotopic (exact) mass is 310 g/mol. The molecule has 1 heterocycles. The summed E-state index contributed by atoms with van der Waals surface area (Å²) in [6, 6.07) is 1.79. The van der Waals surface area contributed by atoms with Crippen molar-refractivity contribution in [3.05, 3.63) is 23.0 Å². The highest BCUT2D eigenvalue weighted by atomic mass is 16.5. The van der Waals surface area contributed by atoms with Gasteiger partial charge in [-0.05, 0) is 25.8 Å². The smallest absolute Gasteiger partial charge is 0.339 e. The third-order valence-electron chi connectivity index (χ3n) is 4.62. The van der Waals surface area contributed by atoms with E-state index in [1.165, 1.54) is 7.11 Å². The van der Waals surface area contributed by atoms with E-state index in [0.717, 1.165) is 11.4 Å². The number of hydrogen-bond acceptors (Lipinski definition) is 4. The number of carboxylic acid groups (broad SMARTS) is 1. The predicted octanol–water partition coefficient (Wildman–Crippen LogP) is 2.10. The van der Waals surface area contributed by atoms with E-state index in [2.05, 4.69) is 5.32 Å². The van der Waals surface area contributed by atoms with Crippen molar-refractivity contribution in [2.24, 2.45) is 12.5 Å². The molecule has 0 saturated heterocycles. The third-order valence-corrected chi connectivity index (χ3v) is 4.62. The number of methoxy groups -OCH3 is 1. The van der Waals surface area contributed by atoms with Gasteiger partial charge in [0.05, 0.1) is 18.1 Å². The Morgan fingerprint density at radius 2 is 1.95 bits per heavy atom. The van der Waals surface area contributed by atoms with Crippen LogP contribution < -0.4 is 5.32 Å². The van der Waals surface area contributed by atoms with Crippen molar-refractivity contribution in [1.29, 1.82) is 0 Å². The summed E-state index contributed by atoms with van der Waals surface area (Å²) in [6.07, 6.45) is 1.15. The van der Waals surface area contributed by atoms with Gasteiger partial charge in [-0.2, -0.15) is 0 Å². The zero-order valence-electron chi connectivity index (χ0n) is 14.0. The Balaban J connectivity index is 2.81. The maximum Gasteiger partial charge on any atom is 0.339 e. The fourth-order valence-electron chi connectivity index (χ4n) is 2.56. The zero-order valence-corrected chi connectivity index (χ0v) is 14.0. The van der Waals surface area contributed by atoms with E-state index < -0.39 is 11.4 Å². The van der Waals surface area contributed by atoms with E-state index in [-0.39, 0.29) is 5.97 Å². The lowest BCUT2D eigenvalue weighted by atomic mass is 9.82. The highest BCUT2D eigenvalue weighted by Crippen LogP contribution is 2.26. The second-order valence-corrected chi connectivity index (χ2v) is 5.58. The van der Waals surface area contributed by atoms with E-state index in [1.807, 2.05) is 32.4 Å². The fourth-order valence-corrected chi connectivity index (χ4v) is 2.56. The van der Waals surface area contributed by atoms with Gasteiger partial charge in [0.15, 0.2) is 0 Å². The lowest BCUT2D eigenvalue weighted by Crippen LogP contribution is -2.40. The Hall–Kier alpha value is -1.82. The molecule has 1 aromatic rings. The molecule has 0 radical (unpaired) electrons. The summed E-state index contributed by atoms with van der Waals surface area (Å²) in [5.74, 6) is -1.13. The normalized spacial score (nSPS) is 11.5. The molecule has 22 heavy (non-hydrogen) atoms. The van der Waals surface area contributed by atoms with Gasteiger partial charge in [-0.15, -0.1) is 0 Å². The number of carbonyl (C=O) groups is 2. The van der Waals surface area contributed by atoms with E-state index in [0.29, 0.717) is 31.5 Å². The molecule has 0 bridgehead atoms. The van der Waals surface area contributed by atoms with Crippen molar-refractivity contribution in [2.75, 3.05) is 13.7 Å². The van der Waals surface area contributed by atoms with Crippen LogP contribution in [0.25, 0.3) is 0 Å². The first-order chi connectivity index (χ1) is 10.3. The molecule has 6 heteroatoms. The first-order valence-corrected chi connectivity index (χ1v) is 7.50. The van der Waals surface area contributed by atoms with E-state index >= 15 is 0 Å². The van der Waals surface area contributed by atoms with Gasteiger partial charge in [0.2, 0.25) is 0 Å². The predicted molar refractivity (Wildman–Crippen MR) is 83.8 cm³/mol. The molecule has 0 aliphatic heterocycles. The number of hydrogen-bond donors (Lipinski definition) is 2. The number of rotatable bonds is 8. The quantitative estimate of drug-likeness (QED) is 0.719. The van der Waals surface area contributed by atoms with Gasteiger partial charge in [-0.25, -0.2) is 4.79 Å². The van der Waals surface area contributed by atoms with Gasteiger partial charge in [-0.3, -0.25) is 4.79 Å². The van der Waals surface area contributed by atoms with Crippen molar-refractivity contribution in [3.63, 3.8) is 0 Å². The van der Waals surface area contributed by atoms with E-state index in [1.54, 1.807) is 6.07 Å². The van der Waals surface area contributed by atoms with Crippen molar-refractivity contribution in [3.8, 4) is 0 Å². The van der Waals surface area contributed by atoms with Crippen molar-refractivity contribution in [1.82, 2.24) is 9.88 Å². The molecule has 0 aliphatic rings. The molecule has 0 saturated carbocycles. The largest absolute Gasteiger partial charge is 0.481 e. The molecule has 0 aromatic carbocycles. The van der Waals surface area contributed by atoms with Gasteiger partial charge in [0.1, 0.15) is 0 Å². The van der Waals surface area contributed by atoms with Crippen LogP contribution in [0.2, 0.25) is 0 Å². The minimum atomic E-state index is -0.775. The summed E-state index contributed by atoms with van der Waals surface area (Å²) < 4.78 is 6.68. The van der Waals surface area contributed by atoms with Crippen LogP contribution in [0, 0.1) is 12.3 Å². The second-order valence-electron chi connectivity index (χ2n) is 5.58. The van der Waals surface area contributed by atoms with Crippen LogP contribution in [0.15, 0.2) is 6.07 Å². The molecule has 0 atom stereocenters. The number of esters is 1. The molecule has 0 amide bonds. The minimum absolute atomic E-state index is 0.360. The van der Waals surface area contributed by atoms with Gasteiger partial charge in [0.25, 0.3) is 0 Å².